The minimum Gasteiger partial charge on any atom is -0.438 e. The van der Waals surface area contributed by atoms with E-state index in [-0.39, 0.29) is 5.82 Å². The van der Waals surface area contributed by atoms with Gasteiger partial charge in [-0.05, 0) is 45.8 Å². The smallest absolute Gasteiger partial charge is 0.225 e. The normalized spacial score (nSPS) is 20.0. The van der Waals surface area contributed by atoms with E-state index in [9.17, 15) is 4.39 Å². The molecule has 3 aromatic rings. The zero-order valence-corrected chi connectivity index (χ0v) is 16.2. The summed E-state index contributed by atoms with van der Waals surface area (Å²) < 4.78 is 20.5. The number of fused-ring (bicyclic) bond motifs is 4. The molecule has 0 bridgehead atoms. The number of aliphatic imine (C=N–C) groups is 1. The molecule has 2 aromatic heterocycles. The van der Waals surface area contributed by atoms with Gasteiger partial charge in [0.15, 0.2) is 5.17 Å². The van der Waals surface area contributed by atoms with Crippen LogP contribution in [-0.4, -0.2) is 20.9 Å². The summed E-state index contributed by atoms with van der Waals surface area (Å²) in [5, 5.41) is 0.520. The number of halogens is 2. The van der Waals surface area contributed by atoms with Crippen LogP contribution in [-0.2, 0) is 5.54 Å². The van der Waals surface area contributed by atoms with E-state index < -0.39 is 5.54 Å². The van der Waals surface area contributed by atoms with Crippen molar-refractivity contribution in [1.29, 1.82) is 0 Å². The molecule has 0 amide bonds. The summed E-state index contributed by atoms with van der Waals surface area (Å²) in [6.45, 7) is 0. The fourth-order valence-electron chi connectivity index (χ4n) is 3.45. The Kier molecular flexibility index (Phi) is 3.73. The zero-order valence-electron chi connectivity index (χ0n) is 13.8. The molecular formula is C19H12BrFN4OS. The molecule has 0 fully saturated rings. The molecule has 1 atom stereocenters. The van der Waals surface area contributed by atoms with E-state index in [1.54, 1.807) is 12.4 Å². The van der Waals surface area contributed by atoms with E-state index in [1.165, 1.54) is 24.0 Å². The van der Waals surface area contributed by atoms with Crippen molar-refractivity contribution >= 4 is 32.9 Å². The van der Waals surface area contributed by atoms with Crippen molar-refractivity contribution in [2.75, 3.05) is 5.75 Å². The van der Waals surface area contributed by atoms with Crippen LogP contribution < -0.4 is 10.5 Å². The lowest BCUT2D eigenvalue weighted by Crippen LogP contribution is -2.30. The first-order valence-electron chi connectivity index (χ1n) is 8.13. The largest absolute Gasteiger partial charge is 0.438 e. The van der Waals surface area contributed by atoms with Crippen molar-refractivity contribution in [3.05, 3.63) is 70.3 Å². The highest BCUT2D eigenvalue weighted by Gasteiger charge is 2.46. The van der Waals surface area contributed by atoms with Gasteiger partial charge < -0.3 is 10.5 Å². The van der Waals surface area contributed by atoms with Gasteiger partial charge in [0.05, 0.1) is 6.20 Å². The van der Waals surface area contributed by atoms with Crippen molar-refractivity contribution in [1.82, 2.24) is 9.97 Å². The SMILES string of the molecule is NC1=NC2(CS1)c1cc(-c3cncc(F)c3)ccc1Oc1ncc(Br)cc12. The summed E-state index contributed by atoms with van der Waals surface area (Å²) in [5.74, 6) is 1.45. The first-order valence-corrected chi connectivity index (χ1v) is 9.90. The molecule has 134 valence electrons. The van der Waals surface area contributed by atoms with Gasteiger partial charge in [0.25, 0.3) is 0 Å². The number of amidine groups is 1. The minimum absolute atomic E-state index is 0.381. The van der Waals surface area contributed by atoms with E-state index in [2.05, 4.69) is 25.9 Å². The second kappa shape index (κ2) is 6.03. The molecule has 2 aliphatic heterocycles. The molecule has 1 unspecified atom stereocenters. The highest BCUT2D eigenvalue weighted by Crippen LogP contribution is 2.53. The summed E-state index contributed by atoms with van der Waals surface area (Å²) in [6.07, 6.45) is 4.51. The standard InChI is InChI=1S/C19H12BrFN4OS/c20-12-5-15-17(24-7-12)26-16-2-1-10(11-3-13(21)8-23-6-11)4-14(16)19(15)9-27-18(22)25-19/h1-8H,9H2,(H2,22,25). The van der Waals surface area contributed by atoms with Gasteiger partial charge in [-0.1, -0.05) is 17.8 Å². The van der Waals surface area contributed by atoms with Crippen LogP contribution in [0.25, 0.3) is 11.1 Å². The molecule has 2 N–H and O–H groups in total. The summed E-state index contributed by atoms with van der Waals surface area (Å²) in [5.41, 5.74) is 8.61. The van der Waals surface area contributed by atoms with Crippen LogP contribution in [0, 0.1) is 5.82 Å². The van der Waals surface area contributed by atoms with Crippen LogP contribution in [0.5, 0.6) is 11.6 Å². The number of thioether (sulfide) groups is 1. The first kappa shape index (κ1) is 16.7. The van der Waals surface area contributed by atoms with Crippen LogP contribution in [0.2, 0.25) is 0 Å². The second-order valence-corrected chi connectivity index (χ2v) is 8.22. The molecule has 5 nitrogen and oxygen atoms in total. The Morgan fingerprint density at radius 2 is 2.00 bits per heavy atom. The number of nitrogens with two attached hydrogens (primary N) is 1. The Morgan fingerprint density at radius 3 is 2.78 bits per heavy atom. The molecule has 8 heteroatoms. The number of nitrogens with zero attached hydrogens (tertiary/aromatic N) is 3. The number of rotatable bonds is 1. The predicted octanol–water partition coefficient (Wildman–Crippen LogP) is 4.46. The van der Waals surface area contributed by atoms with E-state index in [1.807, 2.05) is 24.3 Å². The molecular weight excluding hydrogens is 431 g/mol. The lowest BCUT2D eigenvalue weighted by atomic mass is 9.82. The number of hydrogen-bond acceptors (Lipinski definition) is 6. The Morgan fingerprint density at radius 1 is 1.11 bits per heavy atom. The van der Waals surface area contributed by atoms with Gasteiger partial charge in [-0.3, -0.25) is 4.98 Å². The van der Waals surface area contributed by atoms with Crippen molar-refractivity contribution < 1.29 is 9.13 Å². The molecule has 1 spiro atoms. The van der Waals surface area contributed by atoms with Gasteiger partial charge in [0.2, 0.25) is 5.88 Å². The average molecular weight is 443 g/mol. The Labute approximate surface area is 167 Å². The van der Waals surface area contributed by atoms with E-state index in [0.717, 1.165) is 21.2 Å². The Bertz CT molecular complexity index is 1120. The maximum Gasteiger partial charge on any atom is 0.225 e. The van der Waals surface area contributed by atoms with Crippen LogP contribution in [0.3, 0.4) is 0 Å². The van der Waals surface area contributed by atoms with E-state index in [0.29, 0.717) is 28.1 Å². The number of hydrogen-bond donors (Lipinski definition) is 1. The minimum atomic E-state index is -0.689. The lowest BCUT2D eigenvalue weighted by Gasteiger charge is -2.34. The van der Waals surface area contributed by atoms with Crippen LogP contribution >= 0.6 is 27.7 Å². The molecule has 4 heterocycles. The fourth-order valence-corrected chi connectivity index (χ4v) is 4.74. The van der Waals surface area contributed by atoms with Crippen molar-refractivity contribution in [2.45, 2.75) is 5.54 Å². The van der Waals surface area contributed by atoms with Gasteiger partial charge in [-0.25, -0.2) is 14.4 Å². The number of aromatic nitrogens is 2. The molecule has 0 radical (unpaired) electrons. The van der Waals surface area contributed by atoms with Crippen LogP contribution in [0.4, 0.5) is 4.39 Å². The van der Waals surface area contributed by atoms with Gasteiger partial charge >= 0.3 is 0 Å². The number of benzene rings is 1. The molecule has 0 saturated carbocycles. The Hall–Kier alpha value is -2.45. The topological polar surface area (TPSA) is 73.4 Å². The lowest BCUT2D eigenvalue weighted by molar-refractivity contribution is 0.400. The summed E-state index contributed by atoms with van der Waals surface area (Å²) >= 11 is 4.98. The molecule has 0 aliphatic carbocycles. The first-order chi connectivity index (χ1) is 13.0. The second-order valence-electron chi connectivity index (χ2n) is 6.31. The third kappa shape index (κ3) is 2.62. The fraction of sp³-hybridized carbons (Fsp3) is 0.105. The number of pyridine rings is 2. The van der Waals surface area contributed by atoms with Gasteiger partial charge in [0, 0.05) is 39.3 Å². The zero-order chi connectivity index (χ0) is 18.6. The highest BCUT2D eigenvalue weighted by molar-refractivity contribution is 9.10. The molecule has 1 aromatic carbocycles. The third-order valence-electron chi connectivity index (χ3n) is 4.66. The summed E-state index contributed by atoms with van der Waals surface area (Å²) in [7, 11) is 0. The molecule has 27 heavy (non-hydrogen) atoms. The predicted molar refractivity (Wildman–Crippen MR) is 107 cm³/mol. The van der Waals surface area contributed by atoms with Gasteiger partial charge in [-0.2, -0.15) is 0 Å². The highest BCUT2D eigenvalue weighted by atomic mass is 79.9. The third-order valence-corrected chi connectivity index (χ3v) is 6.05. The van der Waals surface area contributed by atoms with E-state index in [4.69, 9.17) is 15.5 Å². The van der Waals surface area contributed by atoms with Crippen molar-refractivity contribution in [2.24, 2.45) is 10.7 Å². The van der Waals surface area contributed by atoms with Gasteiger partial charge in [0.1, 0.15) is 17.1 Å². The molecule has 5 rings (SSSR count). The molecule has 0 saturated heterocycles. The summed E-state index contributed by atoms with van der Waals surface area (Å²) in [4.78, 5) is 13.1. The van der Waals surface area contributed by atoms with Gasteiger partial charge in [-0.15, -0.1) is 0 Å². The maximum atomic E-state index is 13.6. The Balaban J connectivity index is 1.75. The van der Waals surface area contributed by atoms with Crippen molar-refractivity contribution in [3.8, 4) is 22.8 Å². The van der Waals surface area contributed by atoms with Crippen molar-refractivity contribution in [3.63, 3.8) is 0 Å². The van der Waals surface area contributed by atoms with Crippen LogP contribution in [0.1, 0.15) is 11.1 Å². The van der Waals surface area contributed by atoms with E-state index >= 15 is 0 Å². The number of ether oxygens (including phenoxy) is 1. The van der Waals surface area contributed by atoms with Crippen LogP contribution in [0.15, 0.2) is 58.4 Å². The monoisotopic (exact) mass is 442 g/mol. The average Bonchev–Trinajstić information content (AvgIpc) is 3.05. The summed E-state index contributed by atoms with van der Waals surface area (Å²) in [6, 6.07) is 9.13. The quantitative estimate of drug-likeness (QED) is 0.602. The molecule has 2 aliphatic rings. The maximum absolute atomic E-state index is 13.6.